The third-order valence-corrected chi connectivity index (χ3v) is 1.91. The summed E-state index contributed by atoms with van der Waals surface area (Å²) in [7, 11) is 0. The number of ether oxygens (including phenoxy) is 1. The van der Waals surface area contributed by atoms with Gasteiger partial charge >= 0.3 is 18.4 Å². The fraction of sp³-hybridized carbons (Fsp3) is 0.625. The van der Waals surface area contributed by atoms with E-state index in [9.17, 15) is 26.3 Å². The van der Waals surface area contributed by atoms with Crippen LogP contribution in [0.4, 0.5) is 32.3 Å². The molecule has 1 rings (SSSR count). The van der Waals surface area contributed by atoms with Crippen molar-refractivity contribution in [2.24, 2.45) is 0 Å². The maximum atomic E-state index is 12.3. The lowest BCUT2D eigenvalue weighted by Crippen LogP contribution is -2.46. The number of anilines is 1. The van der Waals surface area contributed by atoms with E-state index in [0.717, 1.165) is 0 Å². The summed E-state index contributed by atoms with van der Waals surface area (Å²) in [5, 5.41) is 1.85. The van der Waals surface area contributed by atoms with Crippen molar-refractivity contribution in [2.75, 3.05) is 11.9 Å². The maximum Gasteiger partial charge on any atom is 0.434 e. The molecule has 0 bridgehead atoms. The highest BCUT2D eigenvalue weighted by molar-refractivity contribution is 6.28. The minimum Gasteiger partial charge on any atom is -0.440 e. The zero-order valence-corrected chi connectivity index (χ0v) is 10.4. The van der Waals surface area contributed by atoms with Crippen LogP contribution in [0.3, 0.4) is 0 Å². The van der Waals surface area contributed by atoms with Gasteiger partial charge in [-0.3, -0.25) is 0 Å². The van der Waals surface area contributed by atoms with E-state index in [1.54, 1.807) is 6.92 Å². The van der Waals surface area contributed by atoms with Crippen LogP contribution in [0.2, 0.25) is 5.28 Å². The molecule has 0 spiro atoms. The van der Waals surface area contributed by atoms with Crippen LogP contribution in [0.1, 0.15) is 6.92 Å². The van der Waals surface area contributed by atoms with E-state index in [0.29, 0.717) is 0 Å². The van der Waals surface area contributed by atoms with Crippen LogP contribution in [0.15, 0.2) is 0 Å². The van der Waals surface area contributed by atoms with E-state index in [2.05, 4.69) is 25.0 Å². The van der Waals surface area contributed by atoms with Crippen molar-refractivity contribution in [3.8, 4) is 6.01 Å². The molecule has 0 radical (unpaired) electrons. The predicted molar refractivity (Wildman–Crippen MR) is 55.5 cm³/mol. The van der Waals surface area contributed by atoms with Gasteiger partial charge in [0, 0.05) is 6.54 Å². The molecule has 0 aliphatic heterocycles. The van der Waals surface area contributed by atoms with Crippen molar-refractivity contribution in [3.63, 3.8) is 0 Å². The Bertz CT molecular complexity index is 451. The lowest BCUT2D eigenvalue weighted by Gasteiger charge is -2.22. The van der Waals surface area contributed by atoms with Gasteiger partial charge in [0.15, 0.2) is 0 Å². The Morgan fingerprint density at radius 3 is 2.10 bits per heavy atom. The number of hydrogen-bond donors (Lipinski definition) is 1. The van der Waals surface area contributed by atoms with Crippen LogP contribution >= 0.6 is 11.6 Å². The quantitative estimate of drug-likeness (QED) is 0.863. The van der Waals surface area contributed by atoms with Gasteiger partial charge in [-0.15, -0.1) is 0 Å². The number of alkyl halides is 6. The van der Waals surface area contributed by atoms with Crippen LogP contribution in [0.25, 0.3) is 0 Å². The Morgan fingerprint density at radius 2 is 1.65 bits per heavy atom. The Balaban J connectivity index is 3.05. The van der Waals surface area contributed by atoms with E-state index >= 15 is 0 Å². The van der Waals surface area contributed by atoms with Crippen molar-refractivity contribution < 1.29 is 31.1 Å². The molecule has 0 atom stereocenters. The summed E-state index contributed by atoms with van der Waals surface area (Å²) < 4.78 is 77.5. The van der Waals surface area contributed by atoms with Crippen LogP contribution in [0, 0.1) is 0 Å². The molecule has 1 N–H and O–H groups in total. The number of hydrogen-bond acceptors (Lipinski definition) is 5. The Morgan fingerprint density at radius 1 is 1.10 bits per heavy atom. The van der Waals surface area contributed by atoms with E-state index in [4.69, 9.17) is 11.6 Å². The van der Waals surface area contributed by atoms with Crippen molar-refractivity contribution in [2.45, 2.75) is 25.4 Å². The molecule has 5 nitrogen and oxygen atoms in total. The van der Waals surface area contributed by atoms with Gasteiger partial charge in [0.2, 0.25) is 11.2 Å². The van der Waals surface area contributed by atoms with Gasteiger partial charge in [-0.1, -0.05) is 0 Å². The molecule has 0 unspecified atom stereocenters. The average molecular weight is 325 g/mol. The first-order valence-corrected chi connectivity index (χ1v) is 5.37. The molecule has 0 aliphatic rings. The number of nitrogens with zero attached hydrogens (tertiary/aromatic N) is 3. The van der Waals surface area contributed by atoms with Crippen molar-refractivity contribution in [1.29, 1.82) is 0 Å². The smallest absolute Gasteiger partial charge is 0.434 e. The Kier molecular flexibility index (Phi) is 4.84. The van der Waals surface area contributed by atoms with Crippen LogP contribution < -0.4 is 10.1 Å². The molecule has 1 heterocycles. The second kappa shape index (κ2) is 5.85. The summed E-state index contributed by atoms with van der Waals surface area (Å²) in [5.41, 5.74) is 0. The van der Waals surface area contributed by atoms with E-state index in [1.807, 2.05) is 0 Å². The highest BCUT2D eigenvalue weighted by Gasteiger charge is 2.59. The van der Waals surface area contributed by atoms with Gasteiger partial charge in [0.05, 0.1) is 0 Å². The molecule has 0 fully saturated rings. The fourth-order valence-electron chi connectivity index (χ4n) is 1.05. The van der Waals surface area contributed by atoms with Crippen LogP contribution in [-0.2, 0) is 0 Å². The van der Waals surface area contributed by atoms with Crippen LogP contribution in [-0.4, -0.2) is 40.0 Å². The van der Waals surface area contributed by atoms with Gasteiger partial charge in [0.1, 0.15) is 0 Å². The molecule has 0 aromatic carbocycles. The second-order valence-corrected chi connectivity index (χ2v) is 3.66. The lowest BCUT2D eigenvalue weighted by atomic mass is 10.3. The number of nitrogens with one attached hydrogen (secondary N) is 1. The second-order valence-electron chi connectivity index (χ2n) is 3.32. The standard InChI is InChI=1S/C8H7ClF6N4O/c1-2-16-5-17-4(9)18-6(19-5)20-3(7(10,11)12)8(13,14)15/h3H,2H2,1H3,(H,16,17,18,19). The molecular formula is C8H7ClF6N4O. The Hall–Kier alpha value is -1.52. The molecule has 0 aliphatic carbocycles. The molecule has 0 saturated carbocycles. The molecule has 1 aromatic rings. The topological polar surface area (TPSA) is 59.9 Å². The van der Waals surface area contributed by atoms with E-state index < -0.39 is 29.8 Å². The summed E-state index contributed by atoms with van der Waals surface area (Å²) in [5.74, 6) is -0.300. The largest absolute Gasteiger partial charge is 0.440 e. The zero-order chi connectivity index (χ0) is 15.6. The third kappa shape index (κ3) is 4.54. The van der Waals surface area contributed by atoms with Gasteiger partial charge in [-0.25, -0.2) is 0 Å². The highest BCUT2D eigenvalue weighted by Crippen LogP contribution is 2.35. The first-order valence-electron chi connectivity index (χ1n) is 4.99. The third-order valence-electron chi connectivity index (χ3n) is 1.74. The maximum absolute atomic E-state index is 12.3. The van der Waals surface area contributed by atoms with Gasteiger partial charge in [-0.2, -0.15) is 41.3 Å². The molecule has 1 aromatic heterocycles. The SMILES string of the molecule is CCNc1nc(Cl)nc(OC(C(F)(F)F)C(F)(F)F)n1. The molecule has 20 heavy (non-hydrogen) atoms. The van der Waals surface area contributed by atoms with Crippen molar-refractivity contribution in [3.05, 3.63) is 5.28 Å². The minimum atomic E-state index is -5.67. The Labute approximate surface area is 113 Å². The molecule has 0 saturated heterocycles. The minimum absolute atomic E-state index is 0.266. The zero-order valence-electron chi connectivity index (χ0n) is 9.68. The summed E-state index contributed by atoms with van der Waals surface area (Å²) >= 11 is 5.35. The normalized spacial score (nSPS) is 12.7. The van der Waals surface area contributed by atoms with Crippen molar-refractivity contribution in [1.82, 2.24) is 15.0 Å². The van der Waals surface area contributed by atoms with Crippen molar-refractivity contribution >= 4 is 17.5 Å². The fourth-order valence-corrected chi connectivity index (χ4v) is 1.20. The van der Waals surface area contributed by atoms with Crippen LogP contribution in [0.5, 0.6) is 6.01 Å². The van der Waals surface area contributed by atoms with Gasteiger partial charge < -0.3 is 10.1 Å². The van der Waals surface area contributed by atoms with Gasteiger partial charge in [-0.05, 0) is 18.5 Å². The van der Waals surface area contributed by atoms with E-state index in [1.165, 1.54) is 0 Å². The predicted octanol–water partition coefficient (Wildman–Crippen LogP) is 2.83. The molecule has 114 valence electrons. The number of halogens is 7. The monoisotopic (exact) mass is 324 g/mol. The summed E-state index contributed by atoms with van der Waals surface area (Å²) in [6.45, 7) is 1.87. The summed E-state index contributed by atoms with van der Waals surface area (Å²) in [4.78, 5) is 9.76. The molecule has 12 heteroatoms. The highest BCUT2D eigenvalue weighted by atomic mass is 35.5. The first-order chi connectivity index (χ1) is 9.04. The van der Waals surface area contributed by atoms with E-state index in [-0.39, 0.29) is 12.5 Å². The number of rotatable bonds is 4. The molecular weight excluding hydrogens is 318 g/mol. The lowest BCUT2D eigenvalue weighted by molar-refractivity contribution is -0.301. The summed E-state index contributed by atoms with van der Waals surface area (Å²) in [6.07, 6.45) is -15.4. The average Bonchev–Trinajstić information content (AvgIpc) is 2.22. The summed E-state index contributed by atoms with van der Waals surface area (Å²) in [6, 6.07) is -1.18. The van der Waals surface area contributed by atoms with Gasteiger partial charge in [0.25, 0.3) is 6.10 Å². The first kappa shape index (κ1) is 16.5. The number of aromatic nitrogens is 3. The molecule has 0 amide bonds.